The van der Waals surface area contributed by atoms with Gasteiger partial charge in [-0.1, -0.05) is 87.5 Å². The Labute approximate surface area is 171 Å². The molecule has 0 aliphatic rings. The van der Waals surface area contributed by atoms with Gasteiger partial charge in [-0.05, 0) is 29.2 Å². The first kappa shape index (κ1) is 18.9. The summed E-state index contributed by atoms with van der Waals surface area (Å²) in [4.78, 5) is 18.0. The second-order valence-corrected chi connectivity index (χ2v) is 8.14. The number of aromatic nitrogens is 2. The Morgan fingerprint density at radius 2 is 1.48 bits per heavy atom. The Bertz CT molecular complexity index is 1180. The fourth-order valence-corrected chi connectivity index (χ4v) is 3.51. The quantitative estimate of drug-likeness (QED) is 0.307. The van der Waals surface area contributed by atoms with Crippen LogP contribution in [0.3, 0.4) is 0 Å². The number of nitrogens with zero attached hydrogens (tertiary/aromatic N) is 2. The van der Waals surface area contributed by atoms with E-state index in [0.717, 1.165) is 28.2 Å². The van der Waals surface area contributed by atoms with Crippen LogP contribution in [0.15, 0.2) is 91.1 Å². The van der Waals surface area contributed by atoms with E-state index in [4.69, 9.17) is 4.98 Å². The van der Waals surface area contributed by atoms with Crippen LogP contribution in [0.2, 0.25) is 0 Å². The van der Waals surface area contributed by atoms with Crippen molar-refractivity contribution >= 4 is 17.0 Å². The van der Waals surface area contributed by atoms with Crippen molar-refractivity contribution in [3.8, 4) is 11.3 Å². The molecule has 0 aliphatic carbocycles. The molecule has 0 radical (unpaired) electrons. The van der Waals surface area contributed by atoms with Crippen molar-refractivity contribution in [2.24, 2.45) is 5.41 Å². The summed E-state index contributed by atoms with van der Waals surface area (Å²) >= 11 is 0. The van der Waals surface area contributed by atoms with Crippen LogP contribution in [0.1, 0.15) is 36.8 Å². The molecule has 0 saturated carbocycles. The molecule has 4 rings (SSSR count). The molecule has 2 aromatic carbocycles. The van der Waals surface area contributed by atoms with E-state index in [1.165, 1.54) is 0 Å². The van der Waals surface area contributed by atoms with Gasteiger partial charge >= 0.3 is 0 Å². The van der Waals surface area contributed by atoms with Crippen LogP contribution in [0.5, 0.6) is 0 Å². The standard InChI is InChI=1S/C26H24N2O/c1-26(2,3)21(18-22(29)19-12-6-4-7-13-19)25-24(20-14-8-5-9-15-20)27-23-16-10-11-17-28(23)25/h4-18H,1-3H3/b21-18+. The molecular weight excluding hydrogens is 356 g/mol. The molecule has 0 fully saturated rings. The van der Waals surface area contributed by atoms with Crippen LogP contribution >= 0.6 is 0 Å². The Hall–Kier alpha value is -3.46. The number of carbonyl (C=O) groups is 1. The van der Waals surface area contributed by atoms with E-state index in [0.29, 0.717) is 5.56 Å². The Morgan fingerprint density at radius 3 is 2.14 bits per heavy atom. The van der Waals surface area contributed by atoms with Crippen LogP contribution < -0.4 is 0 Å². The number of pyridine rings is 1. The van der Waals surface area contributed by atoms with Crippen molar-refractivity contribution in [3.05, 3.63) is 102 Å². The Kier molecular flexibility index (Phi) is 4.89. The highest BCUT2D eigenvalue weighted by atomic mass is 16.1. The van der Waals surface area contributed by atoms with E-state index in [2.05, 4.69) is 37.3 Å². The topological polar surface area (TPSA) is 34.4 Å². The third kappa shape index (κ3) is 3.77. The molecule has 0 N–H and O–H groups in total. The smallest absolute Gasteiger partial charge is 0.186 e. The van der Waals surface area contributed by atoms with Gasteiger partial charge < -0.3 is 0 Å². The van der Waals surface area contributed by atoms with E-state index in [1.807, 2.05) is 72.9 Å². The average molecular weight is 380 g/mol. The fourth-order valence-electron chi connectivity index (χ4n) is 3.51. The summed E-state index contributed by atoms with van der Waals surface area (Å²) in [5.74, 6) is 0.000387. The fraction of sp³-hybridized carbons (Fsp3) is 0.154. The largest absolute Gasteiger partial charge is 0.299 e. The van der Waals surface area contributed by atoms with E-state index in [-0.39, 0.29) is 11.2 Å². The summed E-state index contributed by atoms with van der Waals surface area (Å²) in [5.41, 5.74) is 5.15. The summed E-state index contributed by atoms with van der Waals surface area (Å²) in [6.45, 7) is 6.40. The highest BCUT2D eigenvalue weighted by Crippen LogP contribution is 2.39. The van der Waals surface area contributed by atoms with Gasteiger partial charge in [0.2, 0.25) is 0 Å². The van der Waals surface area contributed by atoms with Gasteiger partial charge in [0.25, 0.3) is 0 Å². The zero-order valence-corrected chi connectivity index (χ0v) is 17.0. The van der Waals surface area contributed by atoms with E-state index < -0.39 is 0 Å². The first-order valence-electron chi connectivity index (χ1n) is 9.79. The minimum absolute atomic E-state index is 0.000387. The van der Waals surface area contributed by atoms with Gasteiger partial charge in [0.05, 0.1) is 11.4 Å². The number of benzene rings is 2. The number of fused-ring (bicyclic) bond motifs is 1. The predicted octanol–water partition coefficient (Wildman–Crippen LogP) is 6.31. The normalized spacial score (nSPS) is 12.3. The van der Waals surface area contributed by atoms with Gasteiger partial charge in [-0.15, -0.1) is 0 Å². The summed E-state index contributed by atoms with van der Waals surface area (Å²) in [6, 6.07) is 25.5. The molecule has 3 heteroatoms. The maximum absolute atomic E-state index is 13.1. The molecule has 4 aromatic rings. The molecule has 0 bridgehead atoms. The van der Waals surface area contributed by atoms with Crippen molar-refractivity contribution in [2.45, 2.75) is 20.8 Å². The third-order valence-electron chi connectivity index (χ3n) is 4.97. The number of ketones is 1. The van der Waals surface area contributed by atoms with E-state index in [9.17, 15) is 4.79 Å². The van der Waals surface area contributed by atoms with Crippen LogP contribution in [-0.2, 0) is 0 Å². The number of hydrogen-bond donors (Lipinski definition) is 0. The second-order valence-electron chi connectivity index (χ2n) is 8.14. The number of allylic oxidation sites excluding steroid dienone is 2. The molecule has 0 saturated heterocycles. The summed E-state index contributed by atoms with van der Waals surface area (Å²) in [6.07, 6.45) is 3.79. The molecule has 3 nitrogen and oxygen atoms in total. The van der Waals surface area contributed by atoms with Crippen molar-refractivity contribution in [3.63, 3.8) is 0 Å². The first-order chi connectivity index (χ1) is 13.9. The molecule has 0 atom stereocenters. The molecular formula is C26H24N2O. The molecule has 0 aliphatic heterocycles. The molecule has 2 aromatic heterocycles. The lowest BCUT2D eigenvalue weighted by atomic mass is 9.82. The summed E-state index contributed by atoms with van der Waals surface area (Å²) in [7, 11) is 0. The van der Waals surface area contributed by atoms with Crippen LogP contribution in [-0.4, -0.2) is 15.2 Å². The van der Waals surface area contributed by atoms with E-state index >= 15 is 0 Å². The van der Waals surface area contributed by atoms with Crippen LogP contribution in [0.4, 0.5) is 0 Å². The van der Waals surface area contributed by atoms with Gasteiger partial charge in [0, 0.05) is 17.3 Å². The Morgan fingerprint density at radius 1 is 0.862 bits per heavy atom. The van der Waals surface area contributed by atoms with Crippen LogP contribution in [0.25, 0.3) is 22.5 Å². The van der Waals surface area contributed by atoms with Gasteiger partial charge in [0.15, 0.2) is 5.78 Å². The SMILES string of the molecule is CC(C)(C)/C(=C/C(=O)c1ccccc1)c1c(-c2ccccc2)nc2ccccn12. The summed E-state index contributed by atoms with van der Waals surface area (Å²) < 4.78 is 2.08. The maximum Gasteiger partial charge on any atom is 0.186 e. The lowest BCUT2D eigenvalue weighted by Crippen LogP contribution is -2.13. The van der Waals surface area contributed by atoms with Gasteiger partial charge in [-0.2, -0.15) is 0 Å². The average Bonchev–Trinajstić information content (AvgIpc) is 3.11. The number of imidazole rings is 1. The van der Waals surface area contributed by atoms with E-state index in [1.54, 1.807) is 6.08 Å². The molecule has 0 amide bonds. The summed E-state index contributed by atoms with van der Waals surface area (Å²) in [5, 5.41) is 0. The number of carbonyl (C=O) groups excluding carboxylic acids is 1. The third-order valence-corrected chi connectivity index (χ3v) is 4.97. The van der Waals surface area contributed by atoms with Gasteiger partial charge in [0.1, 0.15) is 5.65 Å². The predicted molar refractivity (Wildman–Crippen MR) is 119 cm³/mol. The molecule has 144 valence electrons. The zero-order valence-electron chi connectivity index (χ0n) is 17.0. The van der Waals surface area contributed by atoms with Crippen LogP contribution in [0, 0.1) is 5.41 Å². The Balaban J connectivity index is 1.98. The van der Waals surface area contributed by atoms with Crippen molar-refractivity contribution < 1.29 is 4.79 Å². The second kappa shape index (κ2) is 7.51. The first-order valence-corrected chi connectivity index (χ1v) is 9.79. The van der Waals surface area contributed by atoms with Gasteiger partial charge in [-0.3, -0.25) is 9.20 Å². The molecule has 29 heavy (non-hydrogen) atoms. The lowest BCUT2D eigenvalue weighted by molar-refractivity contribution is 0.104. The minimum Gasteiger partial charge on any atom is -0.299 e. The molecule has 2 heterocycles. The number of hydrogen-bond acceptors (Lipinski definition) is 2. The highest BCUT2D eigenvalue weighted by Gasteiger charge is 2.27. The number of rotatable bonds is 4. The molecule has 0 unspecified atom stereocenters. The highest BCUT2D eigenvalue weighted by molar-refractivity contribution is 6.09. The van der Waals surface area contributed by atoms with Crippen molar-refractivity contribution in [2.75, 3.05) is 0 Å². The van der Waals surface area contributed by atoms with Crippen molar-refractivity contribution in [1.29, 1.82) is 0 Å². The molecule has 0 spiro atoms. The van der Waals surface area contributed by atoms with Crippen molar-refractivity contribution in [1.82, 2.24) is 9.38 Å². The van der Waals surface area contributed by atoms with Gasteiger partial charge in [-0.25, -0.2) is 4.98 Å². The lowest BCUT2D eigenvalue weighted by Gasteiger charge is -2.24. The maximum atomic E-state index is 13.1. The minimum atomic E-state index is -0.250. The zero-order chi connectivity index (χ0) is 20.4. The monoisotopic (exact) mass is 380 g/mol.